The Bertz CT molecular complexity index is 2960. The van der Waals surface area contributed by atoms with E-state index in [0.717, 1.165) is 60.8 Å². The fraction of sp³-hybridized carbons (Fsp3) is 0. The van der Waals surface area contributed by atoms with E-state index in [1.165, 1.54) is 0 Å². The first-order valence-electron chi connectivity index (χ1n) is 16.9. The maximum atomic E-state index is 13.4. The van der Waals surface area contributed by atoms with Crippen molar-refractivity contribution in [1.29, 1.82) is 0 Å². The number of rotatable bonds is 5. The van der Waals surface area contributed by atoms with Crippen molar-refractivity contribution < 1.29 is 12.8 Å². The van der Waals surface area contributed by atoms with Crippen LogP contribution in [0.25, 0.3) is 89.5 Å². The lowest BCUT2D eigenvalue weighted by molar-refractivity contribution is 0.598. The highest BCUT2D eigenvalue weighted by atomic mass is 32.2. The minimum atomic E-state index is -3.60. The number of sulfone groups is 1. The molecule has 1 aliphatic rings. The Morgan fingerprint density at radius 2 is 0.923 bits per heavy atom. The summed E-state index contributed by atoms with van der Waals surface area (Å²) in [6.07, 6.45) is 0. The maximum Gasteiger partial charge on any atom is 0.207 e. The lowest BCUT2D eigenvalue weighted by atomic mass is 9.99. The lowest BCUT2D eigenvalue weighted by Crippen LogP contribution is -2.00. The van der Waals surface area contributed by atoms with E-state index in [0.29, 0.717) is 38.4 Å². The largest absolute Gasteiger partial charge is 0.456 e. The van der Waals surface area contributed by atoms with Gasteiger partial charge in [-0.25, -0.2) is 23.4 Å². The molecular weight excluding hydrogens is 663 g/mol. The number of furan rings is 1. The molecule has 0 unspecified atom stereocenters. The molecule has 7 aromatic carbocycles. The van der Waals surface area contributed by atoms with Gasteiger partial charge < -0.3 is 4.42 Å². The van der Waals surface area contributed by atoms with Crippen molar-refractivity contribution in [2.75, 3.05) is 0 Å². The Labute approximate surface area is 299 Å². The van der Waals surface area contributed by atoms with Crippen molar-refractivity contribution in [1.82, 2.24) is 15.0 Å². The molecular formula is C45H27N3O3S. The van der Waals surface area contributed by atoms with Gasteiger partial charge in [0.15, 0.2) is 17.5 Å². The third kappa shape index (κ3) is 4.86. The average molecular weight is 690 g/mol. The van der Waals surface area contributed by atoms with E-state index in [9.17, 15) is 8.42 Å². The monoisotopic (exact) mass is 689 g/mol. The van der Waals surface area contributed by atoms with Crippen molar-refractivity contribution in [2.45, 2.75) is 9.79 Å². The van der Waals surface area contributed by atoms with Crippen LogP contribution in [0.3, 0.4) is 0 Å². The van der Waals surface area contributed by atoms with Gasteiger partial charge in [-0.2, -0.15) is 0 Å². The Balaban J connectivity index is 1.09. The standard InChI is InChI=1S/C45H27N3O3S/c49-52(50)40-17-8-7-14-34(40)35-24-22-33(27-41(35)52)32-23-25-36-39(26-32)51-38-16-9-15-37(42(36)38)45-47-43(30-12-5-2-6-13-30)46-44(48-45)31-20-18-29(19-21-31)28-10-3-1-4-11-28/h1-27H. The fourth-order valence-corrected chi connectivity index (χ4v) is 8.88. The minimum Gasteiger partial charge on any atom is -0.456 e. The van der Waals surface area contributed by atoms with Gasteiger partial charge in [-0.15, -0.1) is 0 Å². The lowest BCUT2D eigenvalue weighted by Gasteiger charge is -2.10. The molecule has 7 heteroatoms. The predicted octanol–water partition coefficient (Wildman–Crippen LogP) is 10.9. The Hall–Kier alpha value is -6.70. The Morgan fingerprint density at radius 3 is 1.69 bits per heavy atom. The van der Waals surface area contributed by atoms with E-state index in [1.807, 2.05) is 109 Å². The summed E-state index contributed by atoms with van der Waals surface area (Å²) < 4.78 is 33.3. The minimum absolute atomic E-state index is 0.327. The first kappa shape index (κ1) is 30.2. The second-order valence-corrected chi connectivity index (χ2v) is 14.7. The van der Waals surface area contributed by atoms with E-state index in [1.54, 1.807) is 18.2 Å². The number of benzene rings is 7. The zero-order valence-electron chi connectivity index (χ0n) is 27.6. The molecule has 1 aliphatic heterocycles. The van der Waals surface area contributed by atoms with E-state index in [-0.39, 0.29) is 0 Å². The molecule has 246 valence electrons. The van der Waals surface area contributed by atoms with Gasteiger partial charge in [-0.3, -0.25) is 0 Å². The normalized spacial score (nSPS) is 12.9. The summed E-state index contributed by atoms with van der Waals surface area (Å²) in [5.41, 5.74) is 9.36. The first-order chi connectivity index (χ1) is 25.5. The van der Waals surface area contributed by atoms with Gasteiger partial charge >= 0.3 is 0 Å². The first-order valence-corrected chi connectivity index (χ1v) is 18.4. The van der Waals surface area contributed by atoms with Crippen LogP contribution in [0.4, 0.5) is 0 Å². The van der Waals surface area contributed by atoms with Crippen LogP contribution in [-0.2, 0) is 9.84 Å². The molecule has 0 spiro atoms. The second kappa shape index (κ2) is 11.7. The molecule has 9 aromatic rings. The molecule has 0 bridgehead atoms. The zero-order chi connectivity index (χ0) is 34.8. The Morgan fingerprint density at radius 1 is 0.385 bits per heavy atom. The molecule has 0 atom stereocenters. The molecule has 0 N–H and O–H groups in total. The number of aromatic nitrogens is 3. The quantitative estimate of drug-likeness (QED) is 0.179. The molecule has 0 fully saturated rings. The topological polar surface area (TPSA) is 86.0 Å². The average Bonchev–Trinajstić information content (AvgIpc) is 3.70. The third-order valence-corrected chi connectivity index (χ3v) is 11.6. The van der Waals surface area contributed by atoms with Crippen molar-refractivity contribution in [3.8, 4) is 67.5 Å². The van der Waals surface area contributed by atoms with E-state index < -0.39 is 9.84 Å². The summed E-state index contributed by atoms with van der Waals surface area (Å²) in [6.45, 7) is 0. The van der Waals surface area contributed by atoms with Crippen LogP contribution < -0.4 is 0 Å². The summed E-state index contributed by atoms with van der Waals surface area (Å²) in [6, 6.07) is 53.2. The van der Waals surface area contributed by atoms with Gasteiger partial charge in [0.2, 0.25) is 9.84 Å². The van der Waals surface area contributed by atoms with Crippen LogP contribution in [0.2, 0.25) is 0 Å². The number of hydrogen-bond donors (Lipinski definition) is 0. The molecule has 0 radical (unpaired) electrons. The molecule has 2 aromatic heterocycles. The third-order valence-electron chi connectivity index (χ3n) is 9.73. The smallest absolute Gasteiger partial charge is 0.207 e. The number of nitrogens with zero attached hydrogens (tertiary/aromatic N) is 3. The van der Waals surface area contributed by atoms with Crippen LogP contribution in [0, 0.1) is 0 Å². The van der Waals surface area contributed by atoms with Crippen molar-refractivity contribution >= 4 is 31.8 Å². The van der Waals surface area contributed by atoms with Gasteiger partial charge in [0, 0.05) is 38.6 Å². The van der Waals surface area contributed by atoms with Crippen molar-refractivity contribution in [2.24, 2.45) is 0 Å². The summed E-state index contributed by atoms with van der Waals surface area (Å²) in [7, 11) is -3.60. The van der Waals surface area contributed by atoms with Crippen LogP contribution in [0.5, 0.6) is 0 Å². The molecule has 6 nitrogen and oxygen atoms in total. The van der Waals surface area contributed by atoms with E-state index in [2.05, 4.69) is 36.4 Å². The summed E-state index contributed by atoms with van der Waals surface area (Å²) >= 11 is 0. The second-order valence-electron chi connectivity index (χ2n) is 12.8. The zero-order valence-corrected chi connectivity index (χ0v) is 28.4. The predicted molar refractivity (Wildman–Crippen MR) is 205 cm³/mol. The fourth-order valence-electron chi connectivity index (χ4n) is 7.16. The van der Waals surface area contributed by atoms with E-state index in [4.69, 9.17) is 19.4 Å². The molecule has 52 heavy (non-hydrogen) atoms. The highest BCUT2D eigenvalue weighted by Crippen LogP contribution is 2.45. The number of fused-ring (bicyclic) bond motifs is 6. The van der Waals surface area contributed by atoms with E-state index >= 15 is 0 Å². The SMILES string of the molecule is O=S1(=O)c2ccccc2-c2ccc(-c3ccc4c(c3)oc3cccc(-c5nc(-c6ccccc6)nc(-c6ccc(-c7ccccc7)cc6)n5)c34)cc21. The van der Waals surface area contributed by atoms with Gasteiger partial charge in [0.05, 0.1) is 9.79 Å². The summed E-state index contributed by atoms with van der Waals surface area (Å²) in [5, 5.41) is 1.80. The Kier molecular flexibility index (Phi) is 6.78. The molecule has 0 saturated carbocycles. The molecule has 3 heterocycles. The van der Waals surface area contributed by atoms with Gasteiger partial charge in [-0.1, -0.05) is 133 Å². The summed E-state index contributed by atoms with van der Waals surface area (Å²) in [5.74, 6) is 1.69. The summed E-state index contributed by atoms with van der Waals surface area (Å²) in [4.78, 5) is 15.7. The highest BCUT2D eigenvalue weighted by molar-refractivity contribution is 7.92. The highest BCUT2D eigenvalue weighted by Gasteiger charge is 2.32. The van der Waals surface area contributed by atoms with Crippen LogP contribution in [0.1, 0.15) is 0 Å². The maximum absolute atomic E-state index is 13.4. The van der Waals surface area contributed by atoms with Gasteiger partial charge in [0.25, 0.3) is 0 Å². The number of hydrogen-bond acceptors (Lipinski definition) is 6. The molecule has 10 rings (SSSR count). The van der Waals surface area contributed by atoms with Crippen LogP contribution >= 0.6 is 0 Å². The van der Waals surface area contributed by atoms with Crippen LogP contribution in [0.15, 0.2) is 178 Å². The van der Waals surface area contributed by atoms with Gasteiger partial charge in [0.1, 0.15) is 11.2 Å². The molecule has 0 aliphatic carbocycles. The van der Waals surface area contributed by atoms with Crippen molar-refractivity contribution in [3.63, 3.8) is 0 Å². The molecule has 0 amide bonds. The van der Waals surface area contributed by atoms with Crippen LogP contribution in [-0.4, -0.2) is 23.4 Å². The van der Waals surface area contributed by atoms with Crippen molar-refractivity contribution in [3.05, 3.63) is 164 Å². The van der Waals surface area contributed by atoms with Gasteiger partial charge in [-0.05, 0) is 52.6 Å². The molecule has 0 saturated heterocycles.